The van der Waals surface area contributed by atoms with Gasteiger partial charge in [0.25, 0.3) is 39.1 Å². The van der Waals surface area contributed by atoms with Crippen LogP contribution in [0.5, 0.6) is 5.75 Å². The number of methoxy groups -OCH3 is 2. The van der Waals surface area contributed by atoms with Crippen LogP contribution in [0.1, 0.15) is 27.8 Å². The first-order valence-corrected chi connectivity index (χ1v) is 34.3. The van der Waals surface area contributed by atoms with Gasteiger partial charge in [0.2, 0.25) is 0 Å². The average Bonchev–Trinajstić information content (AvgIpc) is 1.01. The lowest BCUT2D eigenvalue weighted by Gasteiger charge is -2.09. The summed E-state index contributed by atoms with van der Waals surface area (Å²) in [4.78, 5) is 32.0. The van der Waals surface area contributed by atoms with Crippen LogP contribution in [0.2, 0.25) is 0 Å². The number of aliphatic carboxylic acids is 1. The number of alkyl halides is 3. The molecular formula is C63H60Br2ClF3N4O15S4. The maximum atomic E-state index is 12.4. The Kier molecular flexibility index (Phi) is 31.1. The van der Waals surface area contributed by atoms with Crippen LogP contribution in [-0.4, -0.2) is 77.3 Å². The third-order valence-electron chi connectivity index (χ3n) is 10.9. The number of carboxylic acids is 1. The topological polar surface area (TPSA) is 298 Å². The summed E-state index contributed by atoms with van der Waals surface area (Å²) < 4.78 is 151. The van der Waals surface area contributed by atoms with Gasteiger partial charge in [-0.3, -0.25) is 14.2 Å². The normalized spacial score (nSPS) is 11.1. The van der Waals surface area contributed by atoms with E-state index in [1.54, 1.807) is 97.1 Å². The van der Waals surface area contributed by atoms with Crippen molar-refractivity contribution in [1.82, 2.24) is 0 Å². The molecule has 8 aromatic rings. The number of nitrogens with two attached hydrogens (primary N) is 1. The fourth-order valence-electron chi connectivity index (χ4n) is 6.48. The van der Waals surface area contributed by atoms with E-state index in [9.17, 15) is 61.2 Å². The molecule has 8 rings (SSSR count). The van der Waals surface area contributed by atoms with Crippen LogP contribution in [0.3, 0.4) is 0 Å². The van der Waals surface area contributed by atoms with E-state index in [0.717, 1.165) is 45.4 Å². The van der Waals surface area contributed by atoms with Gasteiger partial charge in [-0.15, -0.1) is 13.2 Å². The Morgan fingerprint density at radius 3 is 1.15 bits per heavy atom. The number of carbonyl (C=O) groups excluding carboxylic acids is 2. The fraction of sp³-hybridized carbons (Fsp3) is 0.0952. The second-order valence-electron chi connectivity index (χ2n) is 18.3. The fourth-order valence-corrected chi connectivity index (χ4v) is 11.7. The highest BCUT2D eigenvalue weighted by Crippen LogP contribution is 2.25. The molecule has 0 aliphatic heterocycles. The summed E-state index contributed by atoms with van der Waals surface area (Å²) in [5.74, 6) is -2.26. The molecule has 488 valence electrons. The number of hydrogen-bond donors (Lipinski definition) is 5. The molecule has 0 aliphatic rings. The summed E-state index contributed by atoms with van der Waals surface area (Å²) in [6.45, 7) is 8.95. The highest BCUT2D eigenvalue weighted by Gasteiger charge is 2.31. The Labute approximate surface area is 553 Å². The largest absolute Gasteiger partial charge is 0.573 e. The van der Waals surface area contributed by atoms with Crippen molar-refractivity contribution in [3.8, 4) is 5.75 Å². The van der Waals surface area contributed by atoms with Gasteiger partial charge in [-0.25, -0.2) is 48.1 Å². The Bertz CT molecular complexity index is 4300. The van der Waals surface area contributed by atoms with Crippen LogP contribution < -0.4 is 24.6 Å². The van der Waals surface area contributed by atoms with E-state index in [2.05, 4.69) is 66.8 Å². The molecule has 19 nitrogen and oxygen atoms in total. The highest BCUT2D eigenvalue weighted by atomic mass is 79.9. The lowest BCUT2D eigenvalue weighted by atomic mass is 10.2. The molecular weight excluding hydrogens is 1430 g/mol. The zero-order valence-corrected chi connectivity index (χ0v) is 56.4. The lowest BCUT2D eigenvalue weighted by Crippen LogP contribution is -2.16. The standard InChI is InChI=1S/C17H17NO4S.C16H15NO4S.C13H12BrNO2S.C7H6F3NO.C6H4BrClO2S.C4H6O2/c1-13-6-9-15(10-7-13)18-23(20,21)16-5-3-4-14(12-16)8-11-17(19)22-2;1-12-5-8-14(9-6-12)17-22(20,21)15-4-2-3-13(11-15)7-10-16(18)19;1-10-5-7-12(8-6-10)15-18(16,17)13-4-2-3-11(14)9-13;8-7(9,10)12-6-3-1-5(11)2-4-6;7-5-2-1-3-6(4-5)11(8,9)10;1-3-4(5)6-2/h3-12,18H,1-2H3;2-11,17H,1H3,(H,18,19);2-9,15H,1H3;1-4H,11H2;1-4H;3H,1H2,2H3/b11-8+;10-7+;;;;. The number of benzene rings is 8. The molecule has 0 radical (unpaired) electrons. The van der Waals surface area contributed by atoms with Gasteiger partial charge in [0, 0.05) is 60.6 Å². The highest BCUT2D eigenvalue weighted by molar-refractivity contribution is 9.10. The lowest BCUT2D eigenvalue weighted by molar-refractivity contribution is -0.274. The Balaban J connectivity index is 0.000000300. The molecule has 92 heavy (non-hydrogen) atoms. The smallest absolute Gasteiger partial charge is 0.478 e. The van der Waals surface area contributed by atoms with Crippen LogP contribution >= 0.6 is 42.5 Å². The number of hydrogen-bond acceptors (Lipinski definition) is 15. The van der Waals surface area contributed by atoms with Crippen molar-refractivity contribution in [1.29, 1.82) is 0 Å². The van der Waals surface area contributed by atoms with E-state index >= 15 is 0 Å². The minimum absolute atomic E-state index is 0.0700. The van der Waals surface area contributed by atoms with E-state index in [4.69, 9.17) is 21.5 Å². The summed E-state index contributed by atoms with van der Waals surface area (Å²) in [6.07, 6.45) is 1.50. The van der Waals surface area contributed by atoms with Crippen molar-refractivity contribution in [2.45, 2.75) is 46.7 Å². The maximum absolute atomic E-state index is 12.4. The monoisotopic (exact) mass is 1490 g/mol. The van der Waals surface area contributed by atoms with Crippen LogP contribution in [-0.2, 0) is 63.0 Å². The SMILES string of the molecule is C=CC(=O)OC.COC(=O)/C=C/c1cccc(S(=O)(=O)Nc2ccc(C)cc2)c1.Cc1ccc(NS(=O)(=O)c2cccc(/C=C/C(=O)O)c2)cc1.Cc1ccc(NS(=O)(=O)c2cccc(Br)c2)cc1.Nc1ccc(OC(F)(F)F)cc1.O=S(=O)(Cl)c1cccc(Br)c1. The second-order valence-corrected chi connectivity index (χ2v) is 27.7. The Morgan fingerprint density at radius 2 is 0.848 bits per heavy atom. The third-order valence-corrected chi connectivity index (χ3v) is 17.4. The van der Waals surface area contributed by atoms with Crippen molar-refractivity contribution < 1.29 is 80.5 Å². The number of nitrogens with one attached hydrogen (secondary N) is 3. The predicted octanol–water partition coefficient (Wildman–Crippen LogP) is 14.3. The van der Waals surface area contributed by atoms with Gasteiger partial charge < -0.3 is 25.1 Å². The minimum atomic E-state index is -4.64. The van der Waals surface area contributed by atoms with Crippen molar-refractivity contribution in [2.75, 3.05) is 34.1 Å². The second kappa shape index (κ2) is 36.9. The number of aryl methyl sites for hydroxylation is 3. The molecule has 0 spiro atoms. The molecule has 0 bridgehead atoms. The van der Waals surface area contributed by atoms with Crippen molar-refractivity contribution in [2.24, 2.45) is 0 Å². The molecule has 0 unspecified atom stereocenters. The van der Waals surface area contributed by atoms with Gasteiger partial charge >= 0.3 is 24.3 Å². The van der Waals surface area contributed by atoms with E-state index in [1.165, 1.54) is 81.0 Å². The van der Waals surface area contributed by atoms with Crippen molar-refractivity contribution in [3.63, 3.8) is 0 Å². The van der Waals surface area contributed by atoms with Gasteiger partial charge in [-0.05, 0) is 165 Å². The summed E-state index contributed by atoms with van der Waals surface area (Å²) in [5.41, 5.74) is 11.4. The molecule has 8 aromatic carbocycles. The summed E-state index contributed by atoms with van der Waals surface area (Å²) in [6, 6.07) is 51.4. The molecule has 6 N–H and O–H groups in total. The van der Waals surface area contributed by atoms with E-state index in [0.29, 0.717) is 38.3 Å². The number of sulfonamides is 3. The molecule has 0 heterocycles. The molecule has 0 atom stereocenters. The van der Waals surface area contributed by atoms with Crippen LogP contribution in [0.4, 0.5) is 35.9 Å². The molecule has 0 aliphatic carbocycles. The first-order chi connectivity index (χ1) is 43.0. The van der Waals surface area contributed by atoms with Gasteiger partial charge in [0.1, 0.15) is 5.75 Å². The molecule has 0 fully saturated rings. The zero-order valence-electron chi connectivity index (χ0n) is 49.2. The number of carbonyl (C=O) groups is 3. The number of halogens is 6. The Hall–Kier alpha value is -8.77. The quantitative estimate of drug-likeness (QED) is 0.0260. The van der Waals surface area contributed by atoms with Crippen molar-refractivity contribution in [3.05, 3.63) is 256 Å². The summed E-state index contributed by atoms with van der Waals surface area (Å²) in [5, 5.41) is 8.60. The number of ether oxygens (including phenoxy) is 3. The number of carboxylic acid groups (broad SMARTS) is 1. The first kappa shape index (κ1) is 77.5. The number of rotatable bonds is 16. The average molecular weight is 1490 g/mol. The number of anilines is 4. The van der Waals surface area contributed by atoms with Gasteiger partial charge in [-0.2, -0.15) is 0 Å². The Morgan fingerprint density at radius 1 is 0.511 bits per heavy atom. The summed E-state index contributed by atoms with van der Waals surface area (Å²) >= 11 is 6.39. The predicted molar refractivity (Wildman–Crippen MR) is 358 cm³/mol. The van der Waals surface area contributed by atoms with Crippen molar-refractivity contribution >= 4 is 134 Å². The maximum Gasteiger partial charge on any atom is 0.573 e. The van der Waals surface area contributed by atoms with Gasteiger partial charge in [0.15, 0.2) is 0 Å². The van der Waals surface area contributed by atoms with E-state index in [1.807, 2.05) is 57.2 Å². The van der Waals surface area contributed by atoms with E-state index in [-0.39, 0.29) is 25.3 Å². The van der Waals surface area contributed by atoms with Gasteiger partial charge in [0.05, 0.1) is 33.8 Å². The third kappa shape index (κ3) is 30.4. The zero-order chi connectivity index (χ0) is 68.9. The minimum Gasteiger partial charge on any atom is -0.478 e. The van der Waals surface area contributed by atoms with Crippen LogP contribution in [0, 0.1) is 20.8 Å². The van der Waals surface area contributed by atoms with Crippen LogP contribution in [0.15, 0.2) is 247 Å². The van der Waals surface area contributed by atoms with Crippen LogP contribution in [0.25, 0.3) is 12.2 Å². The first-order valence-electron chi connectivity index (χ1n) is 26.0. The summed E-state index contributed by atoms with van der Waals surface area (Å²) in [7, 11) is -6.85. The molecule has 0 amide bonds. The van der Waals surface area contributed by atoms with E-state index < -0.39 is 63.4 Å². The number of nitrogen functional groups attached to an aromatic ring is 1. The molecule has 0 saturated heterocycles. The molecule has 0 aromatic heterocycles. The molecule has 29 heteroatoms. The molecule has 0 saturated carbocycles. The number of esters is 2. The van der Waals surface area contributed by atoms with Gasteiger partial charge in [-0.1, -0.05) is 128 Å².